The van der Waals surface area contributed by atoms with Gasteiger partial charge in [-0.1, -0.05) is 0 Å². The molecule has 0 aliphatic heterocycles. The molecule has 0 fully saturated rings. The van der Waals surface area contributed by atoms with Crippen LogP contribution in [0.1, 0.15) is 16.1 Å². The number of benzene rings is 1. The lowest BCUT2D eigenvalue weighted by molar-refractivity contribution is 0.112. The van der Waals surface area contributed by atoms with Gasteiger partial charge in [-0.15, -0.1) is 0 Å². The number of carbonyl (C=O) groups excluding carboxylic acids is 1. The van der Waals surface area contributed by atoms with Crippen molar-refractivity contribution in [2.75, 3.05) is 0 Å². The molecule has 1 heterocycles. The molecule has 0 unspecified atom stereocenters. The second-order valence-electron chi connectivity index (χ2n) is 3.54. The smallest absolute Gasteiger partial charge is 0.150 e. The van der Waals surface area contributed by atoms with E-state index in [4.69, 9.17) is 4.74 Å². The number of aromatic nitrogens is 2. The van der Waals surface area contributed by atoms with E-state index in [0.29, 0.717) is 17.9 Å². The summed E-state index contributed by atoms with van der Waals surface area (Å²) in [7, 11) is 1.86. The Bertz CT molecular complexity index is 537. The predicted molar refractivity (Wildman–Crippen MR) is 67.1 cm³/mol. The van der Waals surface area contributed by atoms with Crippen molar-refractivity contribution in [3.05, 3.63) is 46.2 Å². The molecule has 1 aromatic carbocycles. The van der Waals surface area contributed by atoms with Crippen molar-refractivity contribution < 1.29 is 9.53 Å². The van der Waals surface area contributed by atoms with Crippen LogP contribution in [-0.4, -0.2) is 16.1 Å². The van der Waals surface area contributed by atoms with Crippen LogP contribution in [0.4, 0.5) is 0 Å². The largest absolute Gasteiger partial charge is 0.486 e. The van der Waals surface area contributed by atoms with Crippen molar-refractivity contribution in [1.29, 1.82) is 0 Å². The van der Waals surface area contributed by atoms with E-state index in [0.717, 1.165) is 16.5 Å². The molecular weight excluding hydrogens is 284 g/mol. The van der Waals surface area contributed by atoms with E-state index in [-0.39, 0.29) is 0 Å². The number of aldehydes is 1. The van der Waals surface area contributed by atoms with Gasteiger partial charge in [-0.25, -0.2) is 0 Å². The maximum Gasteiger partial charge on any atom is 0.150 e. The maximum atomic E-state index is 10.6. The number of rotatable bonds is 4. The fourth-order valence-corrected chi connectivity index (χ4v) is 1.91. The van der Waals surface area contributed by atoms with Crippen molar-refractivity contribution in [3.63, 3.8) is 0 Å². The number of hydrogen-bond donors (Lipinski definition) is 0. The predicted octanol–water partition coefficient (Wildman–Crippen LogP) is 2.57. The Morgan fingerprint density at radius 1 is 1.47 bits per heavy atom. The highest BCUT2D eigenvalue weighted by atomic mass is 79.9. The first-order chi connectivity index (χ1) is 8.20. The van der Waals surface area contributed by atoms with Gasteiger partial charge in [0.25, 0.3) is 0 Å². The van der Waals surface area contributed by atoms with Gasteiger partial charge in [-0.2, -0.15) is 5.10 Å². The summed E-state index contributed by atoms with van der Waals surface area (Å²) in [6, 6.07) is 7.11. The minimum Gasteiger partial charge on any atom is -0.486 e. The van der Waals surface area contributed by atoms with E-state index in [1.165, 1.54) is 0 Å². The van der Waals surface area contributed by atoms with Crippen LogP contribution in [-0.2, 0) is 13.7 Å². The Hall–Kier alpha value is -1.62. The summed E-state index contributed by atoms with van der Waals surface area (Å²) < 4.78 is 8.16. The van der Waals surface area contributed by atoms with Crippen LogP contribution in [0.5, 0.6) is 5.75 Å². The molecule has 2 aromatic rings. The summed E-state index contributed by atoms with van der Waals surface area (Å²) in [6.07, 6.45) is 2.53. The highest BCUT2D eigenvalue weighted by Gasteiger charge is 2.04. The van der Waals surface area contributed by atoms with E-state index in [1.807, 2.05) is 13.1 Å². The molecule has 0 aliphatic carbocycles. The van der Waals surface area contributed by atoms with E-state index >= 15 is 0 Å². The van der Waals surface area contributed by atoms with Crippen molar-refractivity contribution in [2.45, 2.75) is 6.61 Å². The van der Waals surface area contributed by atoms with Gasteiger partial charge in [0.1, 0.15) is 18.6 Å². The molecule has 0 saturated heterocycles. The third kappa shape index (κ3) is 2.74. The van der Waals surface area contributed by atoms with Crippen LogP contribution in [0.2, 0.25) is 0 Å². The molecule has 0 N–H and O–H groups in total. The number of nitrogens with zero attached hydrogens (tertiary/aromatic N) is 2. The standard InChI is InChI=1S/C12H11BrN2O2/c1-15-10(4-5-14-15)8-17-12-3-2-9(7-16)6-11(12)13/h2-7H,8H2,1H3. The highest BCUT2D eigenvalue weighted by Crippen LogP contribution is 2.26. The molecule has 0 bridgehead atoms. The first-order valence-corrected chi connectivity index (χ1v) is 5.84. The number of ether oxygens (including phenoxy) is 1. The normalized spacial score (nSPS) is 10.2. The lowest BCUT2D eigenvalue weighted by atomic mass is 10.2. The average Bonchev–Trinajstić information content (AvgIpc) is 2.73. The Labute approximate surface area is 107 Å². The Balaban J connectivity index is 2.09. The zero-order valence-corrected chi connectivity index (χ0v) is 10.8. The second kappa shape index (κ2) is 5.14. The Kier molecular flexibility index (Phi) is 3.58. The van der Waals surface area contributed by atoms with Crippen molar-refractivity contribution >= 4 is 22.2 Å². The highest BCUT2D eigenvalue weighted by molar-refractivity contribution is 9.10. The molecule has 88 valence electrons. The van der Waals surface area contributed by atoms with Crippen LogP contribution in [0.15, 0.2) is 34.9 Å². The lowest BCUT2D eigenvalue weighted by Gasteiger charge is -2.08. The van der Waals surface area contributed by atoms with Crippen LogP contribution in [0.3, 0.4) is 0 Å². The SMILES string of the molecule is Cn1nccc1COc1ccc(C=O)cc1Br. The molecule has 4 nitrogen and oxygen atoms in total. The summed E-state index contributed by atoms with van der Waals surface area (Å²) >= 11 is 3.36. The van der Waals surface area contributed by atoms with Crippen LogP contribution >= 0.6 is 15.9 Å². The molecular formula is C12H11BrN2O2. The first kappa shape index (κ1) is 11.9. The number of aryl methyl sites for hydroxylation is 1. The Morgan fingerprint density at radius 3 is 2.88 bits per heavy atom. The summed E-state index contributed by atoms with van der Waals surface area (Å²) in [6.45, 7) is 0.440. The van der Waals surface area contributed by atoms with E-state index in [2.05, 4.69) is 21.0 Å². The molecule has 17 heavy (non-hydrogen) atoms. The molecule has 0 spiro atoms. The van der Waals surface area contributed by atoms with Crippen molar-refractivity contribution in [1.82, 2.24) is 9.78 Å². The molecule has 0 saturated carbocycles. The number of halogens is 1. The quantitative estimate of drug-likeness (QED) is 0.814. The van der Waals surface area contributed by atoms with Gasteiger partial charge in [0.15, 0.2) is 0 Å². The molecule has 0 atom stereocenters. The third-order valence-corrected chi connectivity index (χ3v) is 3.01. The molecule has 1 aromatic heterocycles. The summed E-state index contributed by atoms with van der Waals surface area (Å²) in [5, 5.41) is 4.06. The van der Waals surface area contributed by atoms with Crippen molar-refractivity contribution in [3.8, 4) is 5.75 Å². The fourth-order valence-electron chi connectivity index (χ4n) is 1.40. The summed E-state index contributed by atoms with van der Waals surface area (Å²) in [5.74, 6) is 0.705. The van der Waals surface area contributed by atoms with E-state index in [9.17, 15) is 4.79 Å². The maximum absolute atomic E-state index is 10.6. The third-order valence-electron chi connectivity index (χ3n) is 2.39. The van der Waals surface area contributed by atoms with Crippen molar-refractivity contribution in [2.24, 2.45) is 7.05 Å². The van der Waals surface area contributed by atoms with Gasteiger partial charge in [0.05, 0.1) is 10.2 Å². The number of carbonyl (C=O) groups is 1. The van der Waals surface area contributed by atoms with Crippen LogP contribution in [0, 0.1) is 0 Å². The molecule has 0 aliphatic rings. The first-order valence-electron chi connectivity index (χ1n) is 5.05. The summed E-state index contributed by atoms with van der Waals surface area (Å²) in [5.41, 5.74) is 1.60. The Morgan fingerprint density at radius 2 is 2.29 bits per heavy atom. The van der Waals surface area contributed by atoms with Gasteiger partial charge in [-0.05, 0) is 40.2 Å². The molecule has 0 radical (unpaired) electrons. The summed E-state index contributed by atoms with van der Waals surface area (Å²) in [4.78, 5) is 10.6. The molecule has 5 heteroatoms. The van der Waals surface area contributed by atoms with Crippen LogP contribution < -0.4 is 4.74 Å². The van der Waals surface area contributed by atoms with E-state index in [1.54, 1.807) is 29.1 Å². The van der Waals surface area contributed by atoms with Gasteiger partial charge >= 0.3 is 0 Å². The van der Waals surface area contributed by atoms with Gasteiger partial charge < -0.3 is 4.74 Å². The van der Waals surface area contributed by atoms with Gasteiger partial charge in [-0.3, -0.25) is 9.48 Å². The zero-order chi connectivity index (χ0) is 12.3. The molecule has 2 rings (SSSR count). The fraction of sp³-hybridized carbons (Fsp3) is 0.167. The molecule has 0 amide bonds. The average molecular weight is 295 g/mol. The second-order valence-corrected chi connectivity index (χ2v) is 4.40. The minimum absolute atomic E-state index is 0.440. The number of hydrogen-bond acceptors (Lipinski definition) is 3. The lowest BCUT2D eigenvalue weighted by Crippen LogP contribution is -2.03. The topological polar surface area (TPSA) is 44.1 Å². The van der Waals surface area contributed by atoms with Gasteiger partial charge in [0, 0.05) is 18.8 Å². The zero-order valence-electron chi connectivity index (χ0n) is 9.26. The van der Waals surface area contributed by atoms with Gasteiger partial charge in [0.2, 0.25) is 0 Å². The monoisotopic (exact) mass is 294 g/mol. The minimum atomic E-state index is 0.440. The van der Waals surface area contributed by atoms with E-state index < -0.39 is 0 Å². The van der Waals surface area contributed by atoms with Crippen LogP contribution in [0.25, 0.3) is 0 Å².